The first-order valence-electron chi connectivity index (χ1n) is 8.61. The zero-order valence-corrected chi connectivity index (χ0v) is 15.4. The van der Waals surface area contributed by atoms with Crippen molar-refractivity contribution in [2.24, 2.45) is 0 Å². The largest absolute Gasteiger partial charge is 0.436 e. The summed E-state index contributed by atoms with van der Waals surface area (Å²) in [4.78, 5) is 6.96. The number of likely N-dealkylation sites (N-methyl/N-ethyl adjacent to an activating group) is 1. The Morgan fingerprint density at radius 1 is 1.21 bits per heavy atom. The Hall–Kier alpha value is -2.07. The molecule has 0 spiro atoms. The molecule has 24 heavy (non-hydrogen) atoms. The fourth-order valence-corrected chi connectivity index (χ4v) is 4.57. The lowest BCUT2D eigenvalue weighted by atomic mass is 10.0. The standard InChI is InChI=1S/C20H26N3O/c1-13-9-10-15-16-8-7-11-21-19(16)24-18(15)17(13)22-14(2)23(5,6)12-20(22,3)4/h7-11,14H,12H2,1-6H3/q+1. The highest BCUT2D eigenvalue weighted by atomic mass is 16.3. The van der Waals surface area contributed by atoms with E-state index in [0.717, 1.165) is 33.1 Å². The first kappa shape index (κ1) is 15.5. The van der Waals surface area contributed by atoms with Crippen LogP contribution in [0.25, 0.3) is 22.1 Å². The van der Waals surface area contributed by atoms with Gasteiger partial charge in [-0.2, -0.15) is 0 Å². The van der Waals surface area contributed by atoms with Gasteiger partial charge in [-0.3, -0.25) is 0 Å². The van der Waals surface area contributed by atoms with E-state index in [4.69, 9.17) is 4.42 Å². The second kappa shape index (κ2) is 4.73. The minimum atomic E-state index is 0.0639. The van der Waals surface area contributed by atoms with Crippen LogP contribution in [-0.2, 0) is 0 Å². The summed E-state index contributed by atoms with van der Waals surface area (Å²) in [6, 6.07) is 8.43. The predicted octanol–water partition coefficient (Wildman–Crippen LogP) is 4.31. The van der Waals surface area contributed by atoms with Gasteiger partial charge in [0.1, 0.15) is 6.54 Å². The molecule has 1 saturated heterocycles. The summed E-state index contributed by atoms with van der Waals surface area (Å²) in [6.07, 6.45) is 2.17. The van der Waals surface area contributed by atoms with Gasteiger partial charge in [-0.25, -0.2) is 4.98 Å². The van der Waals surface area contributed by atoms with Crippen LogP contribution in [0.15, 0.2) is 34.9 Å². The molecule has 0 radical (unpaired) electrons. The summed E-state index contributed by atoms with van der Waals surface area (Å²) >= 11 is 0. The number of pyridine rings is 1. The zero-order chi connectivity index (χ0) is 17.3. The van der Waals surface area contributed by atoms with Gasteiger partial charge in [0.15, 0.2) is 11.7 Å². The molecule has 0 bridgehead atoms. The molecule has 4 rings (SSSR count). The lowest BCUT2D eigenvalue weighted by molar-refractivity contribution is -0.900. The molecule has 1 atom stereocenters. The molecule has 2 aromatic heterocycles. The van der Waals surface area contributed by atoms with Crippen molar-refractivity contribution in [1.29, 1.82) is 0 Å². The summed E-state index contributed by atoms with van der Waals surface area (Å²) in [7, 11) is 4.62. The molecule has 126 valence electrons. The number of benzene rings is 1. The van der Waals surface area contributed by atoms with E-state index in [-0.39, 0.29) is 5.54 Å². The van der Waals surface area contributed by atoms with Gasteiger partial charge < -0.3 is 13.8 Å². The number of aromatic nitrogens is 1. The van der Waals surface area contributed by atoms with Gasteiger partial charge in [0.2, 0.25) is 5.71 Å². The maximum atomic E-state index is 6.23. The van der Waals surface area contributed by atoms with Gasteiger partial charge in [-0.1, -0.05) is 12.1 Å². The molecule has 3 aromatic rings. The summed E-state index contributed by atoms with van der Waals surface area (Å²) in [5.41, 5.74) is 4.22. The lowest BCUT2D eigenvalue weighted by Gasteiger charge is -2.35. The number of aryl methyl sites for hydroxylation is 1. The van der Waals surface area contributed by atoms with Gasteiger partial charge in [0.05, 0.1) is 25.3 Å². The van der Waals surface area contributed by atoms with E-state index in [1.165, 1.54) is 11.3 Å². The molecular formula is C20H26N3O+. The van der Waals surface area contributed by atoms with E-state index in [2.05, 4.69) is 69.9 Å². The third-order valence-corrected chi connectivity index (χ3v) is 5.67. The molecule has 3 heterocycles. The maximum absolute atomic E-state index is 6.23. The number of hydrogen-bond acceptors (Lipinski definition) is 3. The van der Waals surface area contributed by atoms with E-state index in [1.807, 2.05) is 6.07 Å². The highest BCUT2D eigenvalue weighted by molar-refractivity contribution is 6.08. The SMILES string of the molecule is Cc1ccc2c(oc3ncccc32)c1N1C(C)[N+](C)(C)CC1(C)C. The van der Waals surface area contributed by atoms with Gasteiger partial charge >= 0.3 is 0 Å². The van der Waals surface area contributed by atoms with Crippen molar-refractivity contribution < 1.29 is 8.90 Å². The van der Waals surface area contributed by atoms with Crippen LogP contribution in [0, 0.1) is 6.92 Å². The van der Waals surface area contributed by atoms with Crippen molar-refractivity contribution in [1.82, 2.24) is 4.98 Å². The lowest BCUT2D eigenvalue weighted by Crippen LogP contribution is -2.48. The molecule has 1 unspecified atom stereocenters. The predicted molar refractivity (Wildman–Crippen MR) is 99.2 cm³/mol. The van der Waals surface area contributed by atoms with Crippen LogP contribution in [0.3, 0.4) is 0 Å². The molecule has 0 saturated carbocycles. The number of hydrogen-bond donors (Lipinski definition) is 0. The van der Waals surface area contributed by atoms with Crippen LogP contribution in [0.5, 0.6) is 0 Å². The minimum Gasteiger partial charge on any atom is -0.436 e. The monoisotopic (exact) mass is 324 g/mol. The number of anilines is 1. The Kier molecular flexibility index (Phi) is 3.05. The molecule has 0 amide bonds. The number of nitrogens with zero attached hydrogens (tertiary/aromatic N) is 3. The summed E-state index contributed by atoms with van der Waals surface area (Å²) in [5, 5.41) is 2.24. The Bertz CT molecular complexity index is 939. The first-order valence-corrected chi connectivity index (χ1v) is 8.61. The van der Waals surface area contributed by atoms with Crippen LogP contribution in [0.4, 0.5) is 5.69 Å². The second-order valence-electron chi connectivity index (χ2n) is 8.32. The van der Waals surface area contributed by atoms with Gasteiger partial charge in [0.25, 0.3) is 0 Å². The van der Waals surface area contributed by atoms with Crippen molar-refractivity contribution in [3.8, 4) is 0 Å². The van der Waals surface area contributed by atoms with Crippen LogP contribution in [0.2, 0.25) is 0 Å². The molecular weight excluding hydrogens is 298 g/mol. The number of fused-ring (bicyclic) bond motifs is 3. The fraction of sp³-hybridized carbons (Fsp3) is 0.450. The highest BCUT2D eigenvalue weighted by Crippen LogP contribution is 2.44. The molecule has 0 N–H and O–H groups in total. The first-order chi connectivity index (χ1) is 11.2. The average Bonchev–Trinajstić information content (AvgIpc) is 2.93. The van der Waals surface area contributed by atoms with Crippen LogP contribution >= 0.6 is 0 Å². The summed E-state index contributed by atoms with van der Waals surface area (Å²) in [6.45, 7) is 10.2. The van der Waals surface area contributed by atoms with E-state index < -0.39 is 0 Å². The number of furan rings is 1. The molecule has 0 aliphatic carbocycles. The summed E-state index contributed by atoms with van der Waals surface area (Å²) < 4.78 is 7.20. The second-order valence-corrected chi connectivity index (χ2v) is 8.32. The normalized spacial score (nSPS) is 22.6. The Labute approximate surface area is 143 Å². The average molecular weight is 324 g/mol. The molecule has 1 aromatic carbocycles. The van der Waals surface area contributed by atoms with E-state index in [9.17, 15) is 0 Å². The Morgan fingerprint density at radius 3 is 2.62 bits per heavy atom. The smallest absolute Gasteiger partial charge is 0.227 e. The van der Waals surface area contributed by atoms with Gasteiger partial charge in [0, 0.05) is 23.9 Å². The Morgan fingerprint density at radius 2 is 1.96 bits per heavy atom. The molecule has 1 aliphatic rings. The van der Waals surface area contributed by atoms with E-state index in [0.29, 0.717) is 6.17 Å². The number of rotatable bonds is 1. The van der Waals surface area contributed by atoms with Crippen LogP contribution in [-0.4, -0.2) is 41.8 Å². The maximum Gasteiger partial charge on any atom is 0.227 e. The molecule has 1 fully saturated rings. The summed E-state index contributed by atoms with van der Waals surface area (Å²) in [5.74, 6) is 0. The molecule has 4 heteroatoms. The van der Waals surface area contributed by atoms with Crippen LogP contribution in [0.1, 0.15) is 26.3 Å². The Balaban J connectivity index is 2.04. The van der Waals surface area contributed by atoms with Crippen molar-refractivity contribution in [2.75, 3.05) is 25.5 Å². The quantitative estimate of drug-likeness (QED) is 0.625. The van der Waals surface area contributed by atoms with Gasteiger partial charge in [-0.05, 0) is 38.5 Å². The highest BCUT2D eigenvalue weighted by Gasteiger charge is 2.51. The van der Waals surface area contributed by atoms with Crippen molar-refractivity contribution in [2.45, 2.75) is 39.4 Å². The minimum absolute atomic E-state index is 0.0639. The van der Waals surface area contributed by atoms with E-state index >= 15 is 0 Å². The number of quaternary nitrogens is 1. The molecule has 1 aliphatic heterocycles. The fourth-order valence-electron chi connectivity index (χ4n) is 4.57. The topological polar surface area (TPSA) is 29.3 Å². The van der Waals surface area contributed by atoms with Crippen molar-refractivity contribution in [3.05, 3.63) is 36.0 Å². The van der Waals surface area contributed by atoms with E-state index in [1.54, 1.807) is 6.20 Å². The third kappa shape index (κ3) is 1.99. The van der Waals surface area contributed by atoms with Crippen molar-refractivity contribution in [3.63, 3.8) is 0 Å². The third-order valence-electron chi connectivity index (χ3n) is 5.67. The molecule has 4 nitrogen and oxygen atoms in total. The van der Waals surface area contributed by atoms with Gasteiger partial charge in [-0.15, -0.1) is 0 Å². The zero-order valence-electron chi connectivity index (χ0n) is 15.4. The van der Waals surface area contributed by atoms with Crippen LogP contribution < -0.4 is 4.90 Å². The van der Waals surface area contributed by atoms with Crippen molar-refractivity contribution >= 4 is 27.8 Å².